The molecule has 0 saturated heterocycles. The van der Waals surface area contributed by atoms with Crippen molar-refractivity contribution in [1.29, 1.82) is 0 Å². The Labute approximate surface area is 236 Å². The smallest absolute Gasteiger partial charge is 0.0781 e. The molecule has 0 amide bonds. The van der Waals surface area contributed by atoms with Crippen LogP contribution in [-0.4, -0.2) is 24.8 Å². The van der Waals surface area contributed by atoms with Gasteiger partial charge in [0.25, 0.3) is 0 Å². The van der Waals surface area contributed by atoms with Crippen LogP contribution in [-0.2, 0) is 0 Å². The number of hydroxylamine groups is 3. The van der Waals surface area contributed by atoms with E-state index in [4.69, 9.17) is 0 Å². The van der Waals surface area contributed by atoms with E-state index in [0.29, 0.717) is 0 Å². The summed E-state index contributed by atoms with van der Waals surface area (Å²) in [5.74, 6) is 0. The van der Waals surface area contributed by atoms with Gasteiger partial charge >= 0.3 is 0 Å². The van der Waals surface area contributed by atoms with Gasteiger partial charge < -0.3 is 9.85 Å². The normalized spacial score (nSPS) is 12.0. The van der Waals surface area contributed by atoms with E-state index in [1.54, 1.807) is 0 Å². The first-order valence-corrected chi connectivity index (χ1v) is 17.7. The molecular weight excluding hydrogens is 450 g/mol. The van der Waals surface area contributed by atoms with Crippen LogP contribution in [0.4, 0.5) is 0 Å². The molecule has 0 aromatic carbocycles. The second-order valence-electron chi connectivity index (χ2n) is 12.6. The number of rotatable bonds is 32. The van der Waals surface area contributed by atoms with Gasteiger partial charge in [0, 0.05) is 0 Å². The van der Waals surface area contributed by atoms with Crippen LogP contribution in [0.2, 0.25) is 0 Å². The molecular formula is C35H73NO. The quantitative estimate of drug-likeness (QED) is 0.0488. The van der Waals surface area contributed by atoms with Crippen molar-refractivity contribution >= 4 is 0 Å². The van der Waals surface area contributed by atoms with Crippen LogP contribution in [0, 0.1) is 5.21 Å². The molecule has 0 aliphatic carbocycles. The zero-order valence-corrected chi connectivity index (χ0v) is 26.5. The van der Waals surface area contributed by atoms with Crippen LogP contribution < -0.4 is 0 Å². The Hall–Kier alpha value is -0.0800. The van der Waals surface area contributed by atoms with Crippen molar-refractivity contribution in [2.24, 2.45) is 0 Å². The maximum absolute atomic E-state index is 12.7. The summed E-state index contributed by atoms with van der Waals surface area (Å²) in [5.41, 5.74) is 0. The highest BCUT2D eigenvalue weighted by Gasteiger charge is 2.09. The molecule has 0 spiro atoms. The average molecular weight is 524 g/mol. The van der Waals surface area contributed by atoms with Crippen LogP contribution >= 0.6 is 0 Å². The highest BCUT2D eigenvalue weighted by Crippen LogP contribution is 2.16. The molecule has 0 aliphatic rings. The minimum absolute atomic E-state index is 0.00309. The Balaban J connectivity index is 3.27. The minimum Gasteiger partial charge on any atom is -0.633 e. The summed E-state index contributed by atoms with van der Waals surface area (Å²) in [6.07, 6.45) is 41.6. The minimum atomic E-state index is -0.00309. The second kappa shape index (κ2) is 30.5. The second-order valence-corrected chi connectivity index (χ2v) is 12.6. The van der Waals surface area contributed by atoms with E-state index in [1.165, 1.54) is 180 Å². The van der Waals surface area contributed by atoms with Crippen molar-refractivity contribution in [3.63, 3.8) is 0 Å². The van der Waals surface area contributed by atoms with Crippen molar-refractivity contribution in [3.05, 3.63) is 5.21 Å². The van der Waals surface area contributed by atoms with Crippen molar-refractivity contribution in [1.82, 2.24) is 0 Å². The average Bonchev–Trinajstić information content (AvgIpc) is 2.88. The predicted molar refractivity (Wildman–Crippen MR) is 169 cm³/mol. The molecule has 224 valence electrons. The van der Waals surface area contributed by atoms with Crippen LogP contribution in [0.3, 0.4) is 0 Å². The summed E-state index contributed by atoms with van der Waals surface area (Å²) in [4.78, 5) is 0. The van der Waals surface area contributed by atoms with Crippen LogP contribution in [0.5, 0.6) is 0 Å². The first-order chi connectivity index (χ1) is 18.1. The molecule has 0 unspecified atom stereocenters. The standard InChI is InChI=1S/C35H73NO/c1-4-6-8-10-12-14-16-18-20-22-24-26-28-30-32-34-36(3,37)35-33-31-29-27-25-23-21-19-17-15-13-11-9-7-5-2/h4-35H2,1-3H3. The fourth-order valence-corrected chi connectivity index (χ4v) is 5.75. The van der Waals surface area contributed by atoms with Gasteiger partial charge in [-0.1, -0.05) is 181 Å². The third-order valence-corrected chi connectivity index (χ3v) is 8.47. The van der Waals surface area contributed by atoms with Gasteiger partial charge in [0.05, 0.1) is 20.1 Å². The van der Waals surface area contributed by atoms with Crippen molar-refractivity contribution in [2.75, 3.05) is 20.1 Å². The van der Waals surface area contributed by atoms with Gasteiger partial charge in [-0.15, -0.1) is 0 Å². The van der Waals surface area contributed by atoms with Gasteiger partial charge in [-0.3, -0.25) is 0 Å². The zero-order chi connectivity index (χ0) is 27.1. The van der Waals surface area contributed by atoms with Crippen molar-refractivity contribution in [2.45, 2.75) is 206 Å². The van der Waals surface area contributed by atoms with Gasteiger partial charge in [-0.25, -0.2) is 0 Å². The highest BCUT2D eigenvalue weighted by molar-refractivity contribution is 4.52. The monoisotopic (exact) mass is 524 g/mol. The Bertz CT molecular complexity index is 372. The number of hydrogen-bond donors (Lipinski definition) is 0. The molecule has 0 aromatic heterocycles. The number of unbranched alkanes of at least 4 members (excludes halogenated alkanes) is 28. The molecule has 0 heterocycles. The number of quaternary nitrogens is 1. The summed E-state index contributed by atoms with van der Waals surface area (Å²) < 4.78 is -0.00309. The first kappa shape index (κ1) is 36.9. The molecule has 0 rings (SSSR count). The Morgan fingerprint density at radius 2 is 0.459 bits per heavy atom. The zero-order valence-electron chi connectivity index (χ0n) is 26.5. The maximum Gasteiger partial charge on any atom is 0.0781 e. The van der Waals surface area contributed by atoms with Gasteiger partial charge in [0.2, 0.25) is 0 Å². The lowest BCUT2D eigenvalue weighted by Crippen LogP contribution is -2.39. The van der Waals surface area contributed by atoms with Gasteiger partial charge in [-0.05, 0) is 25.7 Å². The van der Waals surface area contributed by atoms with Crippen molar-refractivity contribution < 1.29 is 4.65 Å². The van der Waals surface area contributed by atoms with Crippen LogP contribution in [0.1, 0.15) is 206 Å². The lowest BCUT2D eigenvalue weighted by molar-refractivity contribution is -0.861. The Morgan fingerprint density at radius 3 is 0.649 bits per heavy atom. The van der Waals surface area contributed by atoms with E-state index in [9.17, 15) is 5.21 Å². The van der Waals surface area contributed by atoms with E-state index >= 15 is 0 Å². The summed E-state index contributed by atoms with van der Waals surface area (Å²) in [7, 11) is 1.91. The molecule has 0 N–H and O–H groups in total. The van der Waals surface area contributed by atoms with Gasteiger partial charge in [0.1, 0.15) is 0 Å². The lowest BCUT2D eigenvalue weighted by Gasteiger charge is -2.39. The van der Waals surface area contributed by atoms with E-state index in [2.05, 4.69) is 13.8 Å². The molecule has 37 heavy (non-hydrogen) atoms. The van der Waals surface area contributed by atoms with Crippen LogP contribution in [0.25, 0.3) is 0 Å². The van der Waals surface area contributed by atoms with Gasteiger partial charge in [-0.2, -0.15) is 0 Å². The highest BCUT2D eigenvalue weighted by atomic mass is 16.5. The fourth-order valence-electron chi connectivity index (χ4n) is 5.75. The number of nitrogens with zero attached hydrogens (tertiary/aromatic N) is 1. The summed E-state index contributed by atoms with van der Waals surface area (Å²) in [6, 6.07) is 0. The summed E-state index contributed by atoms with van der Waals surface area (Å²) >= 11 is 0. The molecule has 2 nitrogen and oxygen atoms in total. The van der Waals surface area contributed by atoms with Crippen molar-refractivity contribution in [3.8, 4) is 0 Å². The Morgan fingerprint density at radius 1 is 0.297 bits per heavy atom. The molecule has 0 atom stereocenters. The molecule has 0 radical (unpaired) electrons. The van der Waals surface area contributed by atoms with E-state index in [0.717, 1.165) is 25.9 Å². The molecule has 0 bridgehead atoms. The summed E-state index contributed by atoms with van der Waals surface area (Å²) in [6.45, 7) is 6.25. The molecule has 2 heteroatoms. The number of hydrogen-bond acceptors (Lipinski definition) is 1. The molecule has 0 aromatic rings. The molecule has 0 aliphatic heterocycles. The summed E-state index contributed by atoms with van der Waals surface area (Å²) in [5, 5.41) is 12.7. The van der Waals surface area contributed by atoms with Gasteiger partial charge in [0.15, 0.2) is 0 Å². The molecule has 0 saturated carbocycles. The van der Waals surface area contributed by atoms with E-state index < -0.39 is 0 Å². The third-order valence-electron chi connectivity index (χ3n) is 8.47. The lowest BCUT2D eigenvalue weighted by atomic mass is 10.0. The topological polar surface area (TPSA) is 23.1 Å². The largest absolute Gasteiger partial charge is 0.633 e. The third kappa shape index (κ3) is 32.0. The Kier molecular flexibility index (Phi) is 30.4. The van der Waals surface area contributed by atoms with Crippen LogP contribution in [0.15, 0.2) is 0 Å². The SMILES string of the molecule is CCCCCCCCCCCCCCCCC[N+](C)([O-])CCCCCCCCCCCCCCCCC. The fraction of sp³-hybridized carbons (Fsp3) is 1.00. The van der Waals surface area contributed by atoms with E-state index in [1.807, 2.05) is 7.05 Å². The van der Waals surface area contributed by atoms with E-state index in [-0.39, 0.29) is 4.65 Å². The molecule has 0 fully saturated rings. The predicted octanol–water partition coefficient (Wildman–Crippen LogP) is 12.7. The first-order valence-electron chi connectivity index (χ1n) is 17.7. The maximum atomic E-state index is 12.7.